The molecule has 0 aromatic carbocycles. The summed E-state index contributed by atoms with van der Waals surface area (Å²) in [5.41, 5.74) is 2.53. The summed E-state index contributed by atoms with van der Waals surface area (Å²) in [6.07, 6.45) is 7.88. The van der Waals surface area contributed by atoms with Crippen molar-refractivity contribution in [1.29, 1.82) is 0 Å². The molecule has 100 valence electrons. The minimum Gasteiger partial charge on any atom is -0.310 e. The molecule has 0 aliphatic heterocycles. The van der Waals surface area contributed by atoms with Crippen molar-refractivity contribution in [3.05, 3.63) is 23.3 Å². The summed E-state index contributed by atoms with van der Waals surface area (Å²) >= 11 is 0. The van der Waals surface area contributed by atoms with Gasteiger partial charge < -0.3 is 5.32 Å². The summed E-state index contributed by atoms with van der Waals surface area (Å²) in [6.45, 7) is 7.57. The van der Waals surface area contributed by atoms with E-state index in [0.717, 1.165) is 37.7 Å². The molecule has 1 fully saturated rings. The molecule has 0 saturated heterocycles. The van der Waals surface area contributed by atoms with Crippen LogP contribution in [0.2, 0.25) is 0 Å². The number of hydrogen-bond acceptors (Lipinski definition) is 3. The van der Waals surface area contributed by atoms with Crippen LogP contribution in [0.25, 0.3) is 0 Å². The van der Waals surface area contributed by atoms with Crippen molar-refractivity contribution in [2.24, 2.45) is 5.92 Å². The van der Waals surface area contributed by atoms with Crippen LogP contribution >= 0.6 is 0 Å². The van der Waals surface area contributed by atoms with Crippen LogP contribution in [0.1, 0.15) is 57.1 Å². The van der Waals surface area contributed by atoms with E-state index in [1.165, 1.54) is 24.1 Å². The molecule has 1 N–H and O–H groups in total. The summed E-state index contributed by atoms with van der Waals surface area (Å²) < 4.78 is 0. The van der Waals surface area contributed by atoms with E-state index in [4.69, 9.17) is 4.98 Å². The molecule has 18 heavy (non-hydrogen) atoms. The van der Waals surface area contributed by atoms with Crippen molar-refractivity contribution in [2.45, 2.75) is 65.5 Å². The molecule has 1 aromatic heterocycles. The van der Waals surface area contributed by atoms with Gasteiger partial charge in [0.1, 0.15) is 5.82 Å². The fraction of sp³-hybridized carbons (Fsp3) is 0.733. The second-order valence-electron chi connectivity index (χ2n) is 5.76. The van der Waals surface area contributed by atoms with Gasteiger partial charge in [0, 0.05) is 36.5 Å². The summed E-state index contributed by atoms with van der Waals surface area (Å²) in [6, 6.07) is 0.745. The molecule has 1 saturated carbocycles. The molecule has 0 atom stereocenters. The number of rotatable bonds is 7. The summed E-state index contributed by atoms with van der Waals surface area (Å²) in [7, 11) is 0. The van der Waals surface area contributed by atoms with E-state index in [2.05, 4.69) is 31.1 Å². The van der Waals surface area contributed by atoms with E-state index in [-0.39, 0.29) is 0 Å². The van der Waals surface area contributed by atoms with Gasteiger partial charge >= 0.3 is 0 Å². The predicted molar refractivity (Wildman–Crippen MR) is 74.4 cm³/mol. The zero-order valence-corrected chi connectivity index (χ0v) is 11.9. The first-order valence-corrected chi connectivity index (χ1v) is 7.26. The predicted octanol–water partition coefficient (Wildman–Crippen LogP) is 2.88. The van der Waals surface area contributed by atoms with Gasteiger partial charge in [-0.3, -0.25) is 0 Å². The zero-order valence-electron chi connectivity index (χ0n) is 11.9. The molecule has 0 spiro atoms. The summed E-state index contributed by atoms with van der Waals surface area (Å²) in [5, 5.41) is 3.55. The van der Waals surface area contributed by atoms with Crippen LogP contribution in [0.4, 0.5) is 0 Å². The molecule has 2 rings (SSSR count). The van der Waals surface area contributed by atoms with Crippen LogP contribution in [0.3, 0.4) is 0 Å². The Bertz CT molecular complexity index is 383. The first-order chi connectivity index (χ1) is 8.69. The highest BCUT2D eigenvalue weighted by atomic mass is 15.0. The van der Waals surface area contributed by atoms with Crippen LogP contribution in [-0.2, 0) is 19.4 Å². The molecule has 1 aliphatic rings. The smallest absolute Gasteiger partial charge is 0.128 e. The Morgan fingerprint density at radius 3 is 2.78 bits per heavy atom. The van der Waals surface area contributed by atoms with E-state index in [9.17, 15) is 0 Å². The van der Waals surface area contributed by atoms with Crippen molar-refractivity contribution in [1.82, 2.24) is 15.3 Å². The van der Waals surface area contributed by atoms with Crippen LogP contribution in [0, 0.1) is 5.92 Å². The van der Waals surface area contributed by atoms with Crippen molar-refractivity contribution < 1.29 is 0 Å². The van der Waals surface area contributed by atoms with Crippen LogP contribution in [0.5, 0.6) is 0 Å². The largest absolute Gasteiger partial charge is 0.310 e. The lowest BCUT2D eigenvalue weighted by Gasteiger charge is -2.11. The maximum absolute atomic E-state index is 4.75. The Hall–Kier alpha value is -0.960. The second-order valence-corrected chi connectivity index (χ2v) is 5.76. The summed E-state index contributed by atoms with van der Waals surface area (Å²) in [4.78, 5) is 9.26. The van der Waals surface area contributed by atoms with Crippen molar-refractivity contribution in [3.63, 3.8) is 0 Å². The van der Waals surface area contributed by atoms with Crippen LogP contribution in [-0.4, -0.2) is 16.0 Å². The molecule has 0 bridgehead atoms. The molecule has 3 heteroatoms. The summed E-state index contributed by atoms with van der Waals surface area (Å²) in [5.74, 6) is 1.62. The fourth-order valence-corrected chi connectivity index (χ4v) is 2.09. The molecule has 1 aromatic rings. The third-order valence-electron chi connectivity index (χ3n) is 3.24. The normalized spacial score (nSPS) is 15.3. The van der Waals surface area contributed by atoms with Gasteiger partial charge in [0.15, 0.2) is 0 Å². The highest BCUT2D eigenvalue weighted by molar-refractivity contribution is 5.18. The molecular weight excluding hydrogens is 222 g/mol. The Labute approximate surface area is 110 Å². The molecule has 0 radical (unpaired) electrons. The SMILES string of the molecule is CCCc1nc(CC(C)C)ncc1CNC1CC1. The first-order valence-electron chi connectivity index (χ1n) is 7.26. The highest BCUT2D eigenvalue weighted by Crippen LogP contribution is 2.20. The van der Waals surface area contributed by atoms with Crippen molar-refractivity contribution >= 4 is 0 Å². The average molecular weight is 247 g/mol. The van der Waals surface area contributed by atoms with Crippen molar-refractivity contribution in [3.8, 4) is 0 Å². The molecule has 1 heterocycles. The molecular formula is C15H25N3. The Kier molecular flexibility index (Phi) is 4.70. The topological polar surface area (TPSA) is 37.8 Å². The van der Waals surface area contributed by atoms with Gasteiger partial charge in [-0.05, 0) is 25.2 Å². The third kappa shape index (κ3) is 4.05. The molecule has 0 unspecified atom stereocenters. The van der Waals surface area contributed by atoms with Crippen LogP contribution in [0.15, 0.2) is 6.20 Å². The van der Waals surface area contributed by atoms with Crippen molar-refractivity contribution in [2.75, 3.05) is 0 Å². The van der Waals surface area contributed by atoms with E-state index in [0.29, 0.717) is 5.92 Å². The van der Waals surface area contributed by atoms with E-state index >= 15 is 0 Å². The van der Waals surface area contributed by atoms with Gasteiger partial charge in [-0.25, -0.2) is 9.97 Å². The highest BCUT2D eigenvalue weighted by Gasteiger charge is 2.20. The third-order valence-corrected chi connectivity index (χ3v) is 3.24. The van der Waals surface area contributed by atoms with Crippen LogP contribution < -0.4 is 5.32 Å². The minimum absolute atomic E-state index is 0.620. The number of aryl methyl sites for hydroxylation is 1. The molecule has 0 amide bonds. The lowest BCUT2D eigenvalue weighted by molar-refractivity contribution is 0.609. The zero-order chi connectivity index (χ0) is 13.0. The number of hydrogen-bond donors (Lipinski definition) is 1. The Morgan fingerprint density at radius 1 is 1.39 bits per heavy atom. The lowest BCUT2D eigenvalue weighted by atomic mass is 10.1. The second kappa shape index (κ2) is 6.28. The quantitative estimate of drug-likeness (QED) is 0.805. The number of nitrogens with zero attached hydrogens (tertiary/aromatic N) is 2. The maximum atomic E-state index is 4.75. The molecule has 3 nitrogen and oxygen atoms in total. The van der Waals surface area contributed by atoms with Gasteiger partial charge in [0.05, 0.1) is 0 Å². The Balaban J connectivity index is 2.06. The molecule has 1 aliphatic carbocycles. The minimum atomic E-state index is 0.620. The average Bonchev–Trinajstić information content (AvgIpc) is 3.11. The van der Waals surface area contributed by atoms with E-state index < -0.39 is 0 Å². The lowest BCUT2D eigenvalue weighted by Crippen LogP contribution is -2.18. The van der Waals surface area contributed by atoms with E-state index in [1.54, 1.807) is 0 Å². The Morgan fingerprint density at radius 2 is 2.17 bits per heavy atom. The van der Waals surface area contributed by atoms with Gasteiger partial charge in [-0.1, -0.05) is 27.2 Å². The number of aromatic nitrogens is 2. The maximum Gasteiger partial charge on any atom is 0.128 e. The van der Waals surface area contributed by atoms with Gasteiger partial charge in [0.25, 0.3) is 0 Å². The van der Waals surface area contributed by atoms with Gasteiger partial charge in [-0.15, -0.1) is 0 Å². The fourth-order valence-electron chi connectivity index (χ4n) is 2.09. The van der Waals surface area contributed by atoms with Gasteiger partial charge in [-0.2, -0.15) is 0 Å². The van der Waals surface area contributed by atoms with E-state index in [1.807, 2.05) is 6.20 Å². The van der Waals surface area contributed by atoms with Gasteiger partial charge in [0.2, 0.25) is 0 Å². The first kappa shape index (κ1) is 13.5. The number of nitrogens with one attached hydrogen (secondary N) is 1. The monoisotopic (exact) mass is 247 g/mol. The standard InChI is InChI=1S/C15H25N3/c1-4-5-14-12(9-16-13-6-7-13)10-17-15(18-14)8-11(2)3/h10-11,13,16H,4-9H2,1-3H3.